The van der Waals surface area contributed by atoms with Gasteiger partial charge < -0.3 is 14.5 Å². The van der Waals surface area contributed by atoms with Crippen LogP contribution < -0.4 is 0 Å². The highest BCUT2D eigenvalue weighted by molar-refractivity contribution is 7.08. The highest BCUT2D eigenvalue weighted by atomic mass is 32.1. The zero-order valence-electron chi connectivity index (χ0n) is 13.3. The second kappa shape index (κ2) is 6.71. The molecule has 0 aliphatic carbocycles. The van der Waals surface area contributed by atoms with E-state index in [0.29, 0.717) is 5.82 Å². The Balaban J connectivity index is 1.60. The Morgan fingerprint density at radius 1 is 1.42 bits per heavy atom. The maximum Gasteiger partial charge on any atom is 0.406 e. The van der Waals surface area contributed by atoms with E-state index in [9.17, 15) is 22.8 Å². The number of aromatic nitrogens is 2. The lowest BCUT2D eigenvalue weighted by Gasteiger charge is -2.27. The van der Waals surface area contributed by atoms with E-state index in [0.717, 1.165) is 10.5 Å². The lowest BCUT2D eigenvalue weighted by Crippen LogP contribution is -2.47. The Labute approximate surface area is 149 Å². The summed E-state index contributed by atoms with van der Waals surface area (Å²) in [5.41, 5.74) is -2.13. The average molecular weight is 389 g/mol. The summed E-state index contributed by atoms with van der Waals surface area (Å²) in [6.07, 6.45) is -5.65. The fourth-order valence-corrected chi connectivity index (χ4v) is 3.42. The molecule has 0 bridgehead atoms. The van der Waals surface area contributed by atoms with E-state index in [4.69, 9.17) is 9.63 Å². The number of hydrogen-bond acceptors (Lipinski definition) is 6. The molecule has 1 saturated heterocycles. The number of alkyl halides is 3. The van der Waals surface area contributed by atoms with E-state index in [-0.39, 0.29) is 25.3 Å². The molecule has 0 spiro atoms. The van der Waals surface area contributed by atoms with Gasteiger partial charge in [-0.15, -0.1) is 0 Å². The first kappa shape index (κ1) is 18.4. The van der Waals surface area contributed by atoms with Gasteiger partial charge in [0.2, 0.25) is 17.6 Å². The number of thiophene rings is 1. The largest absolute Gasteiger partial charge is 0.481 e. The normalized spacial score (nSPS) is 20.5. The molecule has 26 heavy (non-hydrogen) atoms. The lowest BCUT2D eigenvalue weighted by molar-refractivity contribution is -0.227. The summed E-state index contributed by atoms with van der Waals surface area (Å²) in [5, 5.41) is 16.5. The molecular formula is C15H14F3N3O4S. The Hall–Kier alpha value is -2.43. The van der Waals surface area contributed by atoms with Crippen molar-refractivity contribution in [1.82, 2.24) is 15.0 Å². The number of rotatable bonds is 5. The van der Waals surface area contributed by atoms with Gasteiger partial charge in [-0.3, -0.25) is 9.59 Å². The Morgan fingerprint density at radius 3 is 2.77 bits per heavy atom. The topological polar surface area (TPSA) is 96.5 Å². The van der Waals surface area contributed by atoms with Crippen LogP contribution >= 0.6 is 11.3 Å². The number of carbonyl (C=O) groups excluding carboxylic acids is 1. The van der Waals surface area contributed by atoms with Crippen molar-refractivity contribution in [3.8, 4) is 11.4 Å². The molecule has 11 heteroatoms. The zero-order chi connectivity index (χ0) is 18.9. The number of aliphatic carboxylic acids is 1. The standard InChI is InChI=1S/C15H14F3N3O4S/c16-15(17,18)14(13(23)24)4-5-21(8-14)11(22)2-1-10-19-12(20-25-10)9-3-6-26-7-9/h3,6-7H,1-2,4-5,8H2,(H,23,24). The molecule has 140 valence electrons. The second-order valence-electron chi connectivity index (χ2n) is 5.97. The molecule has 0 radical (unpaired) electrons. The van der Waals surface area contributed by atoms with E-state index in [1.54, 1.807) is 6.07 Å². The number of halogens is 3. The number of carboxylic acid groups (broad SMARTS) is 1. The van der Waals surface area contributed by atoms with Crippen LogP contribution in [0.3, 0.4) is 0 Å². The van der Waals surface area contributed by atoms with E-state index in [1.165, 1.54) is 11.3 Å². The van der Waals surface area contributed by atoms with Crippen LogP contribution in [0, 0.1) is 5.41 Å². The highest BCUT2D eigenvalue weighted by Crippen LogP contribution is 2.45. The first-order chi connectivity index (χ1) is 12.2. The number of nitrogens with zero attached hydrogens (tertiary/aromatic N) is 3. The van der Waals surface area contributed by atoms with Crippen molar-refractivity contribution in [2.75, 3.05) is 13.1 Å². The Bertz CT molecular complexity index is 805. The van der Waals surface area contributed by atoms with Gasteiger partial charge in [0.25, 0.3) is 0 Å². The molecular weight excluding hydrogens is 375 g/mol. The molecule has 1 aliphatic rings. The lowest BCUT2D eigenvalue weighted by atomic mass is 9.86. The van der Waals surface area contributed by atoms with Crippen LogP contribution in [-0.2, 0) is 16.0 Å². The molecule has 2 aromatic rings. The van der Waals surface area contributed by atoms with Crippen LogP contribution in [0.4, 0.5) is 13.2 Å². The molecule has 3 heterocycles. The van der Waals surface area contributed by atoms with Gasteiger partial charge in [0.05, 0.1) is 0 Å². The summed E-state index contributed by atoms with van der Waals surface area (Å²) in [7, 11) is 0. The molecule has 1 N–H and O–H groups in total. The van der Waals surface area contributed by atoms with Crippen LogP contribution in [0.5, 0.6) is 0 Å². The summed E-state index contributed by atoms with van der Waals surface area (Å²) < 4.78 is 44.5. The van der Waals surface area contributed by atoms with Gasteiger partial charge in [-0.05, 0) is 17.9 Å². The first-order valence-corrected chi connectivity index (χ1v) is 8.60. The third-order valence-electron chi connectivity index (χ3n) is 4.37. The Morgan fingerprint density at radius 2 is 2.19 bits per heavy atom. The van der Waals surface area contributed by atoms with Crippen molar-refractivity contribution in [1.29, 1.82) is 0 Å². The van der Waals surface area contributed by atoms with E-state index >= 15 is 0 Å². The summed E-state index contributed by atoms with van der Waals surface area (Å²) in [5.74, 6) is -1.97. The minimum absolute atomic E-state index is 0.0680. The van der Waals surface area contributed by atoms with Crippen LogP contribution in [-0.4, -0.2) is 51.3 Å². The smallest absolute Gasteiger partial charge is 0.406 e. The predicted octanol–water partition coefficient (Wildman–Crippen LogP) is 2.60. The van der Waals surface area contributed by atoms with Gasteiger partial charge in [-0.2, -0.15) is 29.5 Å². The highest BCUT2D eigenvalue weighted by Gasteiger charge is 2.64. The van der Waals surface area contributed by atoms with Crippen LogP contribution in [0.15, 0.2) is 21.3 Å². The van der Waals surface area contributed by atoms with Crippen LogP contribution in [0.2, 0.25) is 0 Å². The minimum Gasteiger partial charge on any atom is -0.481 e. The molecule has 7 nitrogen and oxygen atoms in total. The van der Waals surface area contributed by atoms with Crippen LogP contribution in [0.1, 0.15) is 18.7 Å². The summed E-state index contributed by atoms with van der Waals surface area (Å²) in [6.45, 7) is -1.14. The zero-order valence-corrected chi connectivity index (χ0v) is 14.1. The molecule has 1 unspecified atom stereocenters. The average Bonchev–Trinajstić information content (AvgIpc) is 3.30. The fourth-order valence-electron chi connectivity index (χ4n) is 2.79. The Kier molecular flexibility index (Phi) is 4.74. The first-order valence-electron chi connectivity index (χ1n) is 7.66. The summed E-state index contributed by atoms with van der Waals surface area (Å²) in [6, 6.07) is 1.80. The molecule has 1 fully saturated rings. The molecule has 1 amide bonds. The van der Waals surface area contributed by atoms with E-state index < -0.39 is 36.4 Å². The minimum atomic E-state index is -4.92. The maximum atomic E-state index is 13.1. The number of aryl methyl sites for hydroxylation is 1. The van der Waals surface area contributed by atoms with Gasteiger partial charge in [-0.25, -0.2) is 0 Å². The number of hydrogen-bond donors (Lipinski definition) is 1. The molecule has 3 rings (SSSR count). The third-order valence-corrected chi connectivity index (χ3v) is 5.06. The number of carbonyl (C=O) groups is 2. The van der Waals surface area contributed by atoms with Crippen molar-refractivity contribution < 1.29 is 32.4 Å². The van der Waals surface area contributed by atoms with Gasteiger partial charge in [0, 0.05) is 36.9 Å². The maximum absolute atomic E-state index is 13.1. The molecule has 0 aromatic carbocycles. The van der Waals surface area contributed by atoms with Crippen LogP contribution in [0.25, 0.3) is 11.4 Å². The van der Waals surface area contributed by atoms with Gasteiger partial charge in [-0.1, -0.05) is 5.16 Å². The van der Waals surface area contributed by atoms with Crippen molar-refractivity contribution in [3.05, 3.63) is 22.7 Å². The predicted molar refractivity (Wildman–Crippen MR) is 83.3 cm³/mol. The quantitative estimate of drug-likeness (QED) is 0.844. The third kappa shape index (κ3) is 3.30. The summed E-state index contributed by atoms with van der Waals surface area (Å²) in [4.78, 5) is 28.4. The molecule has 1 aliphatic heterocycles. The van der Waals surface area contributed by atoms with Gasteiger partial charge >= 0.3 is 12.1 Å². The second-order valence-corrected chi connectivity index (χ2v) is 6.75. The molecule has 2 aromatic heterocycles. The van der Waals surface area contributed by atoms with Crippen molar-refractivity contribution in [3.63, 3.8) is 0 Å². The fraction of sp³-hybridized carbons (Fsp3) is 0.467. The SMILES string of the molecule is O=C(CCc1nc(-c2ccsc2)no1)N1CCC(C(=O)O)(C(F)(F)F)C1. The summed E-state index contributed by atoms with van der Waals surface area (Å²) >= 11 is 1.46. The van der Waals surface area contributed by atoms with E-state index in [1.807, 2.05) is 10.8 Å². The number of amides is 1. The van der Waals surface area contributed by atoms with Crippen molar-refractivity contribution in [2.24, 2.45) is 5.41 Å². The van der Waals surface area contributed by atoms with Crippen molar-refractivity contribution >= 4 is 23.2 Å². The molecule has 0 saturated carbocycles. The molecule has 1 atom stereocenters. The monoisotopic (exact) mass is 389 g/mol. The number of likely N-dealkylation sites (tertiary alicyclic amines) is 1. The van der Waals surface area contributed by atoms with E-state index in [2.05, 4.69) is 10.1 Å². The van der Waals surface area contributed by atoms with Crippen molar-refractivity contribution in [2.45, 2.75) is 25.4 Å². The van der Waals surface area contributed by atoms with Gasteiger partial charge in [0.1, 0.15) is 0 Å². The van der Waals surface area contributed by atoms with Gasteiger partial charge in [0.15, 0.2) is 5.41 Å². The number of carboxylic acids is 1.